The highest BCUT2D eigenvalue weighted by atomic mass is 35.5. The molecule has 0 aliphatic carbocycles. The standard InChI is InChI=1S/C19H21N3O4.ClH/c1-23-15-10-13(11-16(24-2)18(15)25-3)19-21-17(26-22-19)9-8-12-6-4-5-7-14(12)20;/h4-7,10-11H,8-9,20H2,1-3H3;1H. The van der Waals surface area contributed by atoms with E-state index in [1.54, 1.807) is 33.5 Å². The maximum Gasteiger partial charge on any atom is 0.227 e. The number of methoxy groups -OCH3 is 3. The molecule has 0 saturated carbocycles. The van der Waals surface area contributed by atoms with E-state index < -0.39 is 0 Å². The third-order valence-electron chi connectivity index (χ3n) is 4.05. The maximum absolute atomic E-state index is 5.97. The SMILES string of the molecule is COc1cc(-c2noc(CCc3ccccc3N)n2)cc(OC)c1OC.Cl. The highest BCUT2D eigenvalue weighted by molar-refractivity contribution is 5.85. The molecule has 27 heavy (non-hydrogen) atoms. The third-order valence-corrected chi connectivity index (χ3v) is 4.05. The van der Waals surface area contributed by atoms with E-state index in [0.29, 0.717) is 40.9 Å². The van der Waals surface area contributed by atoms with Crippen LogP contribution < -0.4 is 19.9 Å². The molecule has 0 saturated heterocycles. The maximum atomic E-state index is 5.97. The van der Waals surface area contributed by atoms with E-state index in [0.717, 1.165) is 17.7 Å². The number of hydrogen-bond donors (Lipinski definition) is 1. The van der Waals surface area contributed by atoms with Gasteiger partial charge in [-0.05, 0) is 30.2 Å². The molecule has 7 nitrogen and oxygen atoms in total. The van der Waals surface area contributed by atoms with Crippen LogP contribution in [-0.2, 0) is 12.8 Å². The van der Waals surface area contributed by atoms with E-state index in [-0.39, 0.29) is 12.4 Å². The van der Waals surface area contributed by atoms with Crippen LogP contribution in [-0.4, -0.2) is 31.5 Å². The minimum atomic E-state index is 0. The van der Waals surface area contributed by atoms with Crippen LogP contribution in [0, 0.1) is 0 Å². The summed E-state index contributed by atoms with van der Waals surface area (Å²) < 4.78 is 21.4. The number of benzene rings is 2. The van der Waals surface area contributed by atoms with E-state index in [2.05, 4.69) is 10.1 Å². The number of halogens is 1. The number of aromatic nitrogens is 2. The van der Waals surface area contributed by atoms with Crippen molar-refractivity contribution in [2.24, 2.45) is 0 Å². The van der Waals surface area contributed by atoms with Gasteiger partial charge in [-0.15, -0.1) is 12.4 Å². The zero-order valence-corrected chi connectivity index (χ0v) is 16.2. The summed E-state index contributed by atoms with van der Waals surface area (Å²) in [6.07, 6.45) is 1.33. The Bertz CT molecular complexity index is 873. The van der Waals surface area contributed by atoms with Crippen LogP contribution in [0.5, 0.6) is 17.2 Å². The first-order valence-electron chi connectivity index (χ1n) is 8.12. The topological polar surface area (TPSA) is 92.6 Å². The molecule has 0 aliphatic rings. The number of aryl methyl sites for hydroxylation is 2. The normalized spacial score (nSPS) is 10.2. The highest BCUT2D eigenvalue weighted by Gasteiger charge is 2.17. The number of anilines is 1. The van der Waals surface area contributed by atoms with E-state index in [1.807, 2.05) is 24.3 Å². The van der Waals surface area contributed by atoms with Crippen LogP contribution >= 0.6 is 12.4 Å². The second-order valence-electron chi connectivity index (χ2n) is 5.62. The van der Waals surface area contributed by atoms with Crippen LogP contribution in [0.25, 0.3) is 11.4 Å². The lowest BCUT2D eigenvalue weighted by Crippen LogP contribution is -1.97. The predicted octanol–water partition coefficient (Wildman–Crippen LogP) is 3.55. The van der Waals surface area contributed by atoms with E-state index in [4.69, 9.17) is 24.5 Å². The number of para-hydroxylation sites is 1. The van der Waals surface area contributed by atoms with Gasteiger partial charge in [0.1, 0.15) is 0 Å². The Hall–Kier alpha value is -2.93. The van der Waals surface area contributed by atoms with E-state index in [9.17, 15) is 0 Å². The first-order valence-corrected chi connectivity index (χ1v) is 8.12. The quantitative estimate of drug-likeness (QED) is 0.615. The Morgan fingerprint density at radius 2 is 1.63 bits per heavy atom. The van der Waals surface area contributed by atoms with Gasteiger partial charge in [-0.2, -0.15) is 4.98 Å². The molecule has 0 fully saturated rings. The molecule has 0 atom stereocenters. The van der Waals surface area contributed by atoms with Crippen molar-refractivity contribution in [1.82, 2.24) is 10.1 Å². The minimum Gasteiger partial charge on any atom is -0.493 e. The summed E-state index contributed by atoms with van der Waals surface area (Å²) in [5.74, 6) is 2.58. The number of nitrogen functional groups attached to an aromatic ring is 1. The summed E-state index contributed by atoms with van der Waals surface area (Å²) in [5, 5.41) is 4.06. The monoisotopic (exact) mass is 391 g/mol. The van der Waals surface area contributed by atoms with Gasteiger partial charge in [-0.1, -0.05) is 23.4 Å². The van der Waals surface area contributed by atoms with Crippen molar-refractivity contribution < 1.29 is 18.7 Å². The molecule has 1 heterocycles. The predicted molar refractivity (Wildman–Crippen MR) is 105 cm³/mol. The van der Waals surface area contributed by atoms with Crippen molar-refractivity contribution in [3.05, 3.63) is 47.9 Å². The lowest BCUT2D eigenvalue weighted by molar-refractivity contribution is 0.324. The Labute approximate surface area is 163 Å². The lowest BCUT2D eigenvalue weighted by atomic mass is 10.1. The second-order valence-corrected chi connectivity index (χ2v) is 5.62. The fourth-order valence-corrected chi connectivity index (χ4v) is 2.69. The van der Waals surface area contributed by atoms with Crippen molar-refractivity contribution >= 4 is 18.1 Å². The molecular weight excluding hydrogens is 370 g/mol. The van der Waals surface area contributed by atoms with Gasteiger partial charge in [-0.25, -0.2) is 0 Å². The van der Waals surface area contributed by atoms with Gasteiger partial charge in [0.05, 0.1) is 21.3 Å². The van der Waals surface area contributed by atoms with Crippen molar-refractivity contribution in [1.29, 1.82) is 0 Å². The van der Waals surface area contributed by atoms with E-state index >= 15 is 0 Å². The van der Waals surface area contributed by atoms with Gasteiger partial charge in [-0.3, -0.25) is 0 Å². The zero-order valence-electron chi connectivity index (χ0n) is 15.4. The summed E-state index contributed by atoms with van der Waals surface area (Å²) >= 11 is 0. The lowest BCUT2D eigenvalue weighted by Gasteiger charge is -2.12. The molecule has 144 valence electrons. The number of rotatable bonds is 7. The summed E-state index contributed by atoms with van der Waals surface area (Å²) in [7, 11) is 4.68. The van der Waals surface area contributed by atoms with Gasteiger partial charge in [0.15, 0.2) is 11.5 Å². The molecule has 0 aliphatic heterocycles. The molecule has 0 spiro atoms. The summed E-state index contributed by atoms with van der Waals surface area (Å²) in [6.45, 7) is 0. The zero-order chi connectivity index (χ0) is 18.5. The Morgan fingerprint density at radius 3 is 2.22 bits per heavy atom. The van der Waals surface area contributed by atoms with Gasteiger partial charge in [0.25, 0.3) is 0 Å². The molecular formula is C19H22ClN3O4. The van der Waals surface area contributed by atoms with Crippen molar-refractivity contribution in [3.63, 3.8) is 0 Å². The van der Waals surface area contributed by atoms with Gasteiger partial charge < -0.3 is 24.5 Å². The number of ether oxygens (including phenoxy) is 3. The number of nitrogens with zero attached hydrogens (tertiary/aromatic N) is 2. The first-order chi connectivity index (χ1) is 12.7. The van der Waals surface area contributed by atoms with Crippen LogP contribution in [0.15, 0.2) is 40.9 Å². The molecule has 0 radical (unpaired) electrons. The molecule has 3 aromatic rings. The summed E-state index contributed by atoms with van der Waals surface area (Å²) in [5.41, 5.74) is 8.50. The largest absolute Gasteiger partial charge is 0.493 e. The van der Waals surface area contributed by atoms with Crippen LogP contribution in [0.4, 0.5) is 5.69 Å². The van der Waals surface area contributed by atoms with E-state index in [1.165, 1.54) is 0 Å². The average Bonchev–Trinajstić information content (AvgIpc) is 3.15. The van der Waals surface area contributed by atoms with Gasteiger partial charge in [0, 0.05) is 17.7 Å². The fraction of sp³-hybridized carbons (Fsp3) is 0.263. The smallest absolute Gasteiger partial charge is 0.227 e. The Morgan fingerprint density at radius 1 is 0.963 bits per heavy atom. The molecule has 1 aromatic heterocycles. The molecule has 0 bridgehead atoms. The first kappa shape index (κ1) is 20.4. The number of hydrogen-bond acceptors (Lipinski definition) is 7. The molecule has 0 unspecified atom stereocenters. The Kier molecular flexibility index (Phi) is 6.90. The van der Waals surface area contributed by atoms with Crippen LogP contribution in [0.2, 0.25) is 0 Å². The van der Waals surface area contributed by atoms with Gasteiger partial charge >= 0.3 is 0 Å². The third kappa shape index (κ3) is 4.43. The van der Waals surface area contributed by atoms with Gasteiger partial charge in [0.2, 0.25) is 17.5 Å². The van der Waals surface area contributed by atoms with Crippen molar-refractivity contribution in [3.8, 4) is 28.6 Å². The average molecular weight is 392 g/mol. The molecule has 8 heteroatoms. The minimum absolute atomic E-state index is 0. The summed E-state index contributed by atoms with van der Waals surface area (Å²) in [4.78, 5) is 4.46. The van der Waals surface area contributed by atoms with Crippen molar-refractivity contribution in [2.45, 2.75) is 12.8 Å². The molecule has 0 amide bonds. The highest BCUT2D eigenvalue weighted by Crippen LogP contribution is 2.40. The Balaban J connectivity index is 0.00000261. The summed E-state index contributed by atoms with van der Waals surface area (Å²) in [6, 6.07) is 11.3. The van der Waals surface area contributed by atoms with Crippen LogP contribution in [0.1, 0.15) is 11.5 Å². The number of nitrogens with two attached hydrogens (primary N) is 1. The van der Waals surface area contributed by atoms with Crippen molar-refractivity contribution in [2.75, 3.05) is 27.1 Å². The molecule has 2 N–H and O–H groups in total. The fourth-order valence-electron chi connectivity index (χ4n) is 2.69. The second kappa shape index (κ2) is 9.14. The molecule has 2 aromatic carbocycles. The molecule has 3 rings (SSSR count). The van der Waals surface area contributed by atoms with Crippen LogP contribution in [0.3, 0.4) is 0 Å².